The molecule has 0 saturated carbocycles. The first-order chi connectivity index (χ1) is 8.37. The van der Waals surface area contributed by atoms with Gasteiger partial charge in [0.1, 0.15) is 5.75 Å². The van der Waals surface area contributed by atoms with Gasteiger partial charge in [0.2, 0.25) is 0 Å². The highest BCUT2D eigenvalue weighted by Crippen LogP contribution is 2.23. The van der Waals surface area contributed by atoms with Gasteiger partial charge in [-0.15, -0.1) is 0 Å². The van der Waals surface area contributed by atoms with Crippen molar-refractivity contribution >= 4 is 0 Å². The van der Waals surface area contributed by atoms with Crippen LogP contribution in [0.15, 0.2) is 18.2 Å². The minimum Gasteiger partial charge on any atom is -0.496 e. The Bertz CT molecular complexity index is 393. The molecule has 1 aromatic rings. The van der Waals surface area contributed by atoms with E-state index in [1.807, 2.05) is 6.92 Å². The molecule has 0 heterocycles. The molecular formula is C12H17F3N2O. The van der Waals surface area contributed by atoms with Crippen LogP contribution >= 0.6 is 0 Å². The largest absolute Gasteiger partial charge is 0.496 e. The van der Waals surface area contributed by atoms with Crippen LogP contribution in [-0.4, -0.2) is 26.4 Å². The number of hydrogen-bond acceptors (Lipinski definition) is 3. The number of alkyl halides is 3. The Morgan fingerprint density at radius 1 is 1.39 bits per heavy atom. The lowest BCUT2D eigenvalue weighted by Crippen LogP contribution is -2.35. The van der Waals surface area contributed by atoms with E-state index in [0.29, 0.717) is 5.75 Å². The molecule has 18 heavy (non-hydrogen) atoms. The third kappa shape index (κ3) is 4.19. The van der Waals surface area contributed by atoms with Crippen LogP contribution in [-0.2, 0) is 0 Å². The van der Waals surface area contributed by atoms with E-state index in [1.54, 1.807) is 25.3 Å². The van der Waals surface area contributed by atoms with Crippen molar-refractivity contribution in [2.75, 3.05) is 20.2 Å². The predicted octanol–water partition coefficient (Wildman–Crippen LogP) is 2.16. The molecule has 1 rings (SSSR count). The summed E-state index contributed by atoms with van der Waals surface area (Å²) in [6.07, 6.45) is -4.24. The molecule has 102 valence electrons. The Morgan fingerprint density at radius 3 is 2.50 bits per heavy atom. The van der Waals surface area contributed by atoms with Gasteiger partial charge in [0.05, 0.1) is 13.7 Å². The first-order valence-corrected chi connectivity index (χ1v) is 5.52. The fourth-order valence-electron chi connectivity index (χ4n) is 1.69. The van der Waals surface area contributed by atoms with Crippen molar-refractivity contribution in [2.24, 2.45) is 5.73 Å². The van der Waals surface area contributed by atoms with Crippen molar-refractivity contribution in [3.8, 4) is 5.75 Å². The van der Waals surface area contributed by atoms with Gasteiger partial charge >= 0.3 is 6.18 Å². The van der Waals surface area contributed by atoms with Crippen LogP contribution < -0.4 is 15.8 Å². The molecule has 1 atom stereocenters. The number of halogens is 3. The molecule has 1 aromatic carbocycles. The molecule has 0 aliphatic rings. The van der Waals surface area contributed by atoms with Gasteiger partial charge in [-0.2, -0.15) is 13.2 Å². The smallest absolute Gasteiger partial charge is 0.401 e. The number of nitrogens with two attached hydrogens (primary N) is 1. The molecule has 0 aliphatic carbocycles. The van der Waals surface area contributed by atoms with Crippen LogP contribution in [0, 0.1) is 6.92 Å². The molecular weight excluding hydrogens is 245 g/mol. The van der Waals surface area contributed by atoms with E-state index in [4.69, 9.17) is 10.5 Å². The summed E-state index contributed by atoms with van der Waals surface area (Å²) in [6.45, 7) is 0.876. The van der Waals surface area contributed by atoms with Gasteiger partial charge < -0.3 is 15.8 Å². The molecule has 6 heteroatoms. The van der Waals surface area contributed by atoms with E-state index < -0.39 is 18.8 Å². The van der Waals surface area contributed by atoms with Crippen LogP contribution in [0.25, 0.3) is 0 Å². The number of aryl methyl sites for hydroxylation is 1. The molecule has 0 radical (unpaired) electrons. The molecule has 0 bridgehead atoms. The predicted molar refractivity (Wildman–Crippen MR) is 63.6 cm³/mol. The third-order valence-electron chi connectivity index (χ3n) is 2.61. The van der Waals surface area contributed by atoms with E-state index in [-0.39, 0.29) is 6.54 Å². The first kappa shape index (κ1) is 14.8. The van der Waals surface area contributed by atoms with Gasteiger partial charge in [-0.3, -0.25) is 0 Å². The Hall–Kier alpha value is -1.27. The van der Waals surface area contributed by atoms with Crippen LogP contribution in [0.5, 0.6) is 5.75 Å². The Morgan fingerprint density at radius 2 is 2.06 bits per heavy atom. The van der Waals surface area contributed by atoms with Crippen LogP contribution in [0.2, 0.25) is 0 Å². The summed E-state index contributed by atoms with van der Waals surface area (Å²) in [6, 6.07) is 4.70. The SMILES string of the molecule is COc1ccc(C(CN)NCC(F)(F)F)cc1C. The molecule has 0 spiro atoms. The van der Waals surface area contributed by atoms with Gasteiger partial charge in [-0.25, -0.2) is 0 Å². The Kier molecular flexibility index (Phi) is 4.98. The summed E-state index contributed by atoms with van der Waals surface area (Å²) >= 11 is 0. The van der Waals surface area contributed by atoms with Crippen LogP contribution in [0.1, 0.15) is 17.2 Å². The topological polar surface area (TPSA) is 47.3 Å². The molecule has 0 fully saturated rings. The lowest BCUT2D eigenvalue weighted by Gasteiger charge is -2.19. The highest BCUT2D eigenvalue weighted by Gasteiger charge is 2.28. The number of nitrogens with one attached hydrogen (secondary N) is 1. The second-order valence-electron chi connectivity index (χ2n) is 4.01. The zero-order valence-electron chi connectivity index (χ0n) is 10.3. The van der Waals surface area contributed by atoms with Gasteiger partial charge in [0.25, 0.3) is 0 Å². The highest BCUT2D eigenvalue weighted by atomic mass is 19.4. The average molecular weight is 262 g/mol. The average Bonchev–Trinajstić information content (AvgIpc) is 2.28. The van der Waals surface area contributed by atoms with Crippen molar-refractivity contribution in [3.05, 3.63) is 29.3 Å². The minimum absolute atomic E-state index is 0.0991. The third-order valence-corrected chi connectivity index (χ3v) is 2.61. The summed E-state index contributed by atoms with van der Waals surface area (Å²) in [5, 5.41) is 2.40. The van der Waals surface area contributed by atoms with Gasteiger partial charge in [-0.05, 0) is 24.1 Å². The van der Waals surface area contributed by atoms with Crippen molar-refractivity contribution < 1.29 is 17.9 Å². The number of hydrogen-bond donors (Lipinski definition) is 2. The fourth-order valence-corrected chi connectivity index (χ4v) is 1.69. The van der Waals surface area contributed by atoms with Gasteiger partial charge in [-0.1, -0.05) is 12.1 Å². The number of rotatable bonds is 5. The summed E-state index contributed by atoms with van der Waals surface area (Å²) < 4.78 is 41.5. The molecule has 0 saturated heterocycles. The van der Waals surface area contributed by atoms with E-state index >= 15 is 0 Å². The standard InChI is InChI=1S/C12H17F3N2O/c1-8-5-9(3-4-11(8)18-2)10(6-16)17-7-12(13,14)15/h3-5,10,17H,6-7,16H2,1-2H3. The Labute approximate surface area is 104 Å². The maximum absolute atomic E-state index is 12.1. The molecule has 0 aliphatic heterocycles. The summed E-state index contributed by atoms with van der Waals surface area (Å²) in [5.41, 5.74) is 7.08. The molecule has 1 unspecified atom stereocenters. The van der Waals surface area contributed by atoms with E-state index in [9.17, 15) is 13.2 Å². The van der Waals surface area contributed by atoms with E-state index in [2.05, 4.69) is 5.32 Å². The maximum Gasteiger partial charge on any atom is 0.401 e. The van der Waals surface area contributed by atoms with Crippen molar-refractivity contribution in [3.63, 3.8) is 0 Å². The molecule has 0 amide bonds. The molecule has 3 nitrogen and oxygen atoms in total. The first-order valence-electron chi connectivity index (χ1n) is 5.52. The van der Waals surface area contributed by atoms with Gasteiger partial charge in [0, 0.05) is 12.6 Å². The van der Waals surface area contributed by atoms with Crippen molar-refractivity contribution in [1.82, 2.24) is 5.32 Å². The van der Waals surface area contributed by atoms with E-state index in [0.717, 1.165) is 11.1 Å². The quantitative estimate of drug-likeness (QED) is 0.854. The second-order valence-corrected chi connectivity index (χ2v) is 4.01. The minimum atomic E-state index is -4.24. The number of methoxy groups -OCH3 is 1. The second kappa shape index (κ2) is 6.06. The summed E-state index contributed by atoms with van der Waals surface area (Å²) in [5.74, 6) is 0.699. The zero-order valence-corrected chi connectivity index (χ0v) is 10.3. The zero-order chi connectivity index (χ0) is 13.8. The number of ether oxygens (including phenoxy) is 1. The summed E-state index contributed by atoms with van der Waals surface area (Å²) in [4.78, 5) is 0. The lowest BCUT2D eigenvalue weighted by atomic mass is 10.0. The van der Waals surface area contributed by atoms with Crippen molar-refractivity contribution in [1.29, 1.82) is 0 Å². The fraction of sp³-hybridized carbons (Fsp3) is 0.500. The molecule has 3 N–H and O–H groups in total. The Balaban J connectivity index is 2.79. The van der Waals surface area contributed by atoms with Crippen LogP contribution in [0.4, 0.5) is 13.2 Å². The van der Waals surface area contributed by atoms with E-state index in [1.165, 1.54) is 0 Å². The lowest BCUT2D eigenvalue weighted by molar-refractivity contribution is -0.126. The van der Waals surface area contributed by atoms with Gasteiger partial charge in [0.15, 0.2) is 0 Å². The van der Waals surface area contributed by atoms with Crippen LogP contribution in [0.3, 0.4) is 0 Å². The highest BCUT2D eigenvalue weighted by molar-refractivity contribution is 5.37. The van der Waals surface area contributed by atoms with Crippen molar-refractivity contribution in [2.45, 2.75) is 19.1 Å². The summed E-state index contributed by atoms with van der Waals surface area (Å²) in [7, 11) is 1.55. The maximum atomic E-state index is 12.1. The molecule has 0 aromatic heterocycles. The number of benzene rings is 1. The monoisotopic (exact) mass is 262 g/mol. The normalized spacial score (nSPS) is 13.4.